The summed E-state index contributed by atoms with van der Waals surface area (Å²) < 4.78 is 4.26. The third kappa shape index (κ3) is 4.17. The summed E-state index contributed by atoms with van der Waals surface area (Å²) in [4.78, 5) is 11.8. The van der Waals surface area contributed by atoms with E-state index in [2.05, 4.69) is 36.7 Å². The first-order chi connectivity index (χ1) is 10.5. The van der Waals surface area contributed by atoms with Gasteiger partial charge in [-0.2, -0.15) is 15.3 Å². The smallest absolute Gasteiger partial charge is 0.241 e. The number of amides is 1. The average molecular weight is 388 g/mol. The van der Waals surface area contributed by atoms with Crippen LogP contribution in [0, 0.1) is 0 Å². The van der Waals surface area contributed by atoms with Crippen molar-refractivity contribution in [2.24, 2.45) is 5.10 Å². The van der Waals surface area contributed by atoms with Crippen LogP contribution in [0.1, 0.15) is 26.0 Å². The minimum atomic E-state index is -0.190. The Balaban J connectivity index is 1.92. The molecule has 0 aromatic carbocycles. The summed E-state index contributed by atoms with van der Waals surface area (Å²) in [6.45, 7) is 4.98. The van der Waals surface area contributed by atoms with Crippen molar-refractivity contribution < 1.29 is 4.79 Å². The van der Waals surface area contributed by atoms with Gasteiger partial charge in [-0.15, -0.1) is 0 Å². The van der Waals surface area contributed by atoms with Crippen LogP contribution in [0.25, 0.3) is 0 Å². The first kappa shape index (κ1) is 16.7. The molecule has 2 aromatic heterocycles. The van der Waals surface area contributed by atoms with E-state index in [9.17, 15) is 4.79 Å². The lowest BCUT2D eigenvalue weighted by Gasteiger charge is -2.06. The molecule has 0 unspecified atom stereocenters. The van der Waals surface area contributed by atoms with Crippen LogP contribution in [0.15, 0.2) is 28.2 Å². The number of carbonyl (C=O) groups excluding carboxylic acids is 1. The molecule has 0 radical (unpaired) electrons. The molecular weight excluding hydrogens is 372 g/mol. The third-order valence-electron chi connectivity index (χ3n) is 2.96. The standard InChI is InChI=1S/C13H16BrClN6O/c1-3-21-13(11(14)7-17-21)9(2)18-19-12(22)4-5-20-8-10(15)6-16-20/h6-8H,3-5H2,1-2H3,(H,19,22)/b18-9+. The van der Waals surface area contributed by atoms with Crippen molar-refractivity contribution in [1.29, 1.82) is 0 Å². The number of rotatable bonds is 6. The molecule has 2 heterocycles. The normalized spacial score (nSPS) is 11.7. The second kappa shape index (κ2) is 7.55. The molecule has 2 rings (SSSR count). The highest BCUT2D eigenvalue weighted by molar-refractivity contribution is 9.10. The quantitative estimate of drug-likeness (QED) is 0.611. The summed E-state index contributed by atoms with van der Waals surface area (Å²) in [5, 5.41) is 12.9. The molecule has 0 aliphatic heterocycles. The fourth-order valence-electron chi connectivity index (χ4n) is 1.89. The zero-order chi connectivity index (χ0) is 16.1. The van der Waals surface area contributed by atoms with Gasteiger partial charge in [0.2, 0.25) is 5.91 Å². The van der Waals surface area contributed by atoms with Gasteiger partial charge in [0.25, 0.3) is 0 Å². The van der Waals surface area contributed by atoms with Crippen molar-refractivity contribution in [2.75, 3.05) is 0 Å². The van der Waals surface area contributed by atoms with Gasteiger partial charge in [-0.25, -0.2) is 5.43 Å². The number of aromatic nitrogens is 4. The van der Waals surface area contributed by atoms with Crippen molar-refractivity contribution in [3.05, 3.63) is 33.8 Å². The summed E-state index contributed by atoms with van der Waals surface area (Å²) in [7, 11) is 0. The zero-order valence-corrected chi connectivity index (χ0v) is 14.6. The van der Waals surface area contributed by atoms with Gasteiger partial charge < -0.3 is 0 Å². The van der Waals surface area contributed by atoms with Gasteiger partial charge in [-0.1, -0.05) is 11.6 Å². The second-order valence-electron chi connectivity index (χ2n) is 4.56. The van der Waals surface area contributed by atoms with E-state index in [4.69, 9.17) is 11.6 Å². The predicted octanol–water partition coefficient (Wildman–Crippen LogP) is 2.45. The van der Waals surface area contributed by atoms with E-state index < -0.39 is 0 Å². The largest absolute Gasteiger partial charge is 0.273 e. The molecule has 118 valence electrons. The van der Waals surface area contributed by atoms with Crippen LogP contribution in [0.5, 0.6) is 0 Å². The predicted molar refractivity (Wildman–Crippen MR) is 87.8 cm³/mol. The van der Waals surface area contributed by atoms with E-state index in [1.807, 2.05) is 13.8 Å². The first-order valence-corrected chi connectivity index (χ1v) is 7.91. The number of carbonyl (C=O) groups is 1. The second-order valence-corrected chi connectivity index (χ2v) is 5.85. The number of hydrogen-bond acceptors (Lipinski definition) is 4. The number of halogens is 2. The maximum atomic E-state index is 11.8. The Kier molecular flexibility index (Phi) is 5.73. The Morgan fingerprint density at radius 3 is 2.86 bits per heavy atom. The van der Waals surface area contributed by atoms with E-state index >= 15 is 0 Å². The fourth-order valence-corrected chi connectivity index (χ4v) is 2.63. The van der Waals surface area contributed by atoms with Gasteiger partial charge in [0.1, 0.15) is 0 Å². The molecule has 0 saturated carbocycles. The number of aryl methyl sites for hydroxylation is 2. The van der Waals surface area contributed by atoms with Crippen LogP contribution in [0.2, 0.25) is 5.02 Å². The lowest BCUT2D eigenvalue weighted by Crippen LogP contribution is -2.21. The third-order valence-corrected chi connectivity index (χ3v) is 3.73. The molecule has 0 atom stereocenters. The van der Waals surface area contributed by atoms with Gasteiger partial charge in [0.15, 0.2) is 0 Å². The molecular formula is C13H16BrClN6O. The van der Waals surface area contributed by atoms with Gasteiger partial charge in [0, 0.05) is 25.7 Å². The maximum absolute atomic E-state index is 11.8. The van der Waals surface area contributed by atoms with Crippen molar-refractivity contribution in [1.82, 2.24) is 25.0 Å². The highest BCUT2D eigenvalue weighted by Gasteiger charge is 2.11. The van der Waals surface area contributed by atoms with E-state index in [1.165, 1.54) is 6.20 Å². The first-order valence-electron chi connectivity index (χ1n) is 6.74. The molecule has 0 spiro atoms. The molecule has 9 heteroatoms. The van der Waals surface area contributed by atoms with E-state index in [0.717, 1.165) is 16.7 Å². The topological polar surface area (TPSA) is 77.1 Å². The molecule has 1 amide bonds. The number of nitrogens with one attached hydrogen (secondary N) is 1. The van der Waals surface area contributed by atoms with Crippen molar-refractivity contribution in [3.8, 4) is 0 Å². The van der Waals surface area contributed by atoms with Gasteiger partial charge in [0.05, 0.1) is 33.3 Å². The van der Waals surface area contributed by atoms with Crippen molar-refractivity contribution in [2.45, 2.75) is 33.4 Å². The molecule has 0 aliphatic rings. The van der Waals surface area contributed by atoms with E-state index in [1.54, 1.807) is 21.8 Å². The van der Waals surface area contributed by atoms with E-state index in [-0.39, 0.29) is 12.3 Å². The van der Waals surface area contributed by atoms with Crippen LogP contribution in [0.3, 0.4) is 0 Å². The molecule has 0 saturated heterocycles. The number of hydrogen-bond donors (Lipinski definition) is 1. The lowest BCUT2D eigenvalue weighted by atomic mass is 10.3. The lowest BCUT2D eigenvalue weighted by molar-refractivity contribution is -0.121. The van der Waals surface area contributed by atoms with Crippen LogP contribution in [-0.4, -0.2) is 31.2 Å². The molecule has 2 aromatic rings. The Hall–Kier alpha value is -1.67. The Bertz CT molecular complexity index is 693. The van der Waals surface area contributed by atoms with Crippen LogP contribution in [0.4, 0.5) is 0 Å². The minimum absolute atomic E-state index is 0.190. The van der Waals surface area contributed by atoms with Gasteiger partial charge in [-0.05, 0) is 29.8 Å². The highest BCUT2D eigenvalue weighted by Crippen LogP contribution is 2.16. The summed E-state index contributed by atoms with van der Waals surface area (Å²) in [6, 6.07) is 0. The van der Waals surface area contributed by atoms with E-state index in [0.29, 0.717) is 17.3 Å². The molecule has 0 fully saturated rings. The molecule has 1 N–H and O–H groups in total. The average Bonchev–Trinajstić information content (AvgIpc) is 3.08. The van der Waals surface area contributed by atoms with Crippen LogP contribution in [-0.2, 0) is 17.9 Å². The summed E-state index contributed by atoms with van der Waals surface area (Å²) in [5.74, 6) is -0.190. The monoisotopic (exact) mass is 386 g/mol. The van der Waals surface area contributed by atoms with Gasteiger partial charge in [-0.3, -0.25) is 14.2 Å². The Morgan fingerprint density at radius 2 is 2.23 bits per heavy atom. The Morgan fingerprint density at radius 1 is 1.45 bits per heavy atom. The number of hydrazone groups is 1. The van der Waals surface area contributed by atoms with Crippen molar-refractivity contribution in [3.63, 3.8) is 0 Å². The SMILES string of the molecule is CCn1ncc(Br)c1/C(C)=N/NC(=O)CCn1cc(Cl)cn1. The molecule has 0 aliphatic carbocycles. The summed E-state index contributed by atoms with van der Waals surface area (Å²) >= 11 is 9.19. The summed E-state index contributed by atoms with van der Waals surface area (Å²) in [6.07, 6.45) is 5.18. The molecule has 7 nitrogen and oxygen atoms in total. The minimum Gasteiger partial charge on any atom is -0.273 e. The Labute approximate surface area is 141 Å². The number of nitrogens with zero attached hydrogens (tertiary/aromatic N) is 5. The summed E-state index contributed by atoms with van der Waals surface area (Å²) in [5.41, 5.74) is 4.07. The molecule has 22 heavy (non-hydrogen) atoms. The molecule has 0 bridgehead atoms. The van der Waals surface area contributed by atoms with Crippen LogP contribution >= 0.6 is 27.5 Å². The van der Waals surface area contributed by atoms with Crippen LogP contribution < -0.4 is 5.43 Å². The highest BCUT2D eigenvalue weighted by atomic mass is 79.9. The fraction of sp³-hybridized carbons (Fsp3) is 0.385. The van der Waals surface area contributed by atoms with Gasteiger partial charge >= 0.3 is 0 Å². The zero-order valence-electron chi connectivity index (χ0n) is 12.3. The maximum Gasteiger partial charge on any atom is 0.241 e. The van der Waals surface area contributed by atoms with Crippen molar-refractivity contribution >= 4 is 39.1 Å².